The molecule has 0 radical (unpaired) electrons. The van der Waals surface area contributed by atoms with Gasteiger partial charge in [0.1, 0.15) is 5.75 Å². The molecule has 2 nitrogen and oxygen atoms in total. The second-order valence-electron chi connectivity index (χ2n) is 4.41. The number of hydrogen-bond donors (Lipinski definition) is 1. The highest BCUT2D eigenvalue weighted by Gasteiger charge is 2.15. The van der Waals surface area contributed by atoms with E-state index >= 15 is 0 Å². The van der Waals surface area contributed by atoms with Gasteiger partial charge < -0.3 is 10.1 Å². The number of rotatable bonds is 6. The third kappa shape index (κ3) is 4.07. The second-order valence-corrected chi connectivity index (χ2v) is 7.76. The average molecular weight is 419 g/mol. The molecule has 2 rings (SSSR count). The smallest absolute Gasteiger partial charge is 0.119 e. The summed E-state index contributed by atoms with van der Waals surface area (Å²) in [5.74, 6) is 0.894. The van der Waals surface area contributed by atoms with Crippen molar-refractivity contribution in [3.63, 3.8) is 0 Å². The van der Waals surface area contributed by atoms with Crippen LogP contribution in [0.1, 0.15) is 23.4 Å². The van der Waals surface area contributed by atoms with Gasteiger partial charge in [0.25, 0.3) is 0 Å². The van der Waals surface area contributed by atoms with Gasteiger partial charge in [0, 0.05) is 15.4 Å². The minimum atomic E-state index is 0.319. The predicted molar refractivity (Wildman–Crippen MR) is 92.8 cm³/mol. The topological polar surface area (TPSA) is 21.3 Å². The lowest BCUT2D eigenvalue weighted by Crippen LogP contribution is -2.22. The lowest BCUT2D eigenvalue weighted by atomic mass is 10.0. The van der Waals surface area contributed by atoms with Crippen LogP contribution in [0.5, 0.6) is 5.75 Å². The van der Waals surface area contributed by atoms with Crippen molar-refractivity contribution in [2.45, 2.75) is 19.4 Å². The number of thiophene rings is 1. The minimum Gasteiger partial charge on any atom is -0.497 e. The molecule has 0 spiro atoms. The Hall–Kier alpha value is -0.360. The molecule has 0 aliphatic carbocycles. The molecule has 2 aromatic rings. The summed E-state index contributed by atoms with van der Waals surface area (Å²) < 4.78 is 7.60. The van der Waals surface area contributed by atoms with Crippen LogP contribution in [0.3, 0.4) is 0 Å². The van der Waals surface area contributed by atoms with Crippen molar-refractivity contribution in [1.82, 2.24) is 5.32 Å². The molecular formula is C15H17Br2NOS. The summed E-state index contributed by atoms with van der Waals surface area (Å²) in [5.41, 5.74) is 1.25. The Morgan fingerprint density at radius 2 is 2.05 bits per heavy atom. The number of hydrogen-bond acceptors (Lipinski definition) is 3. The molecule has 0 amide bonds. The monoisotopic (exact) mass is 417 g/mol. The summed E-state index contributed by atoms with van der Waals surface area (Å²) in [6.45, 7) is 3.08. The van der Waals surface area contributed by atoms with E-state index in [1.165, 1.54) is 14.2 Å². The number of methoxy groups -OCH3 is 1. The quantitative estimate of drug-likeness (QED) is 0.698. The first-order chi connectivity index (χ1) is 9.63. The van der Waals surface area contributed by atoms with Crippen LogP contribution >= 0.6 is 43.2 Å². The van der Waals surface area contributed by atoms with Gasteiger partial charge in [-0.2, -0.15) is 0 Å². The Bertz CT molecular complexity index is 571. The summed E-state index contributed by atoms with van der Waals surface area (Å²) in [5, 5.41) is 3.55. The van der Waals surface area contributed by atoms with Gasteiger partial charge in [-0.1, -0.05) is 22.9 Å². The number of benzene rings is 1. The fraction of sp³-hybridized carbons (Fsp3) is 0.333. The average Bonchev–Trinajstić information content (AvgIpc) is 2.87. The van der Waals surface area contributed by atoms with Gasteiger partial charge in [0.2, 0.25) is 0 Å². The Morgan fingerprint density at radius 3 is 2.65 bits per heavy atom. The van der Waals surface area contributed by atoms with E-state index in [-0.39, 0.29) is 0 Å². The highest BCUT2D eigenvalue weighted by atomic mass is 79.9. The van der Waals surface area contributed by atoms with Crippen LogP contribution < -0.4 is 10.1 Å². The first kappa shape index (κ1) is 16.0. The molecule has 108 valence electrons. The molecule has 0 saturated heterocycles. The number of likely N-dealkylation sites (N-methyl/N-ethyl adjacent to an activating group) is 1. The molecule has 1 atom stereocenters. The summed E-state index contributed by atoms with van der Waals surface area (Å²) in [6.07, 6.45) is 0.929. The molecule has 1 aromatic carbocycles. The van der Waals surface area contributed by atoms with Gasteiger partial charge >= 0.3 is 0 Å². The summed E-state index contributed by atoms with van der Waals surface area (Å²) in [6, 6.07) is 10.7. The molecular weight excluding hydrogens is 402 g/mol. The third-order valence-electron chi connectivity index (χ3n) is 3.06. The van der Waals surface area contributed by atoms with E-state index in [0.717, 1.165) is 23.2 Å². The lowest BCUT2D eigenvalue weighted by Gasteiger charge is -2.18. The highest BCUT2D eigenvalue weighted by molar-refractivity contribution is 9.11. The van der Waals surface area contributed by atoms with E-state index in [1.807, 2.05) is 12.1 Å². The fourth-order valence-electron chi connectivity index (χ4n) is 2.09. The maximum Gasteiger partial charge on any atom is 0.119 e. The van der Waals surface area contributed by atoms with Gasteiger partial charge in [0.15, 0.2) is 0 Å². The third-order valence-corrected chi connectivity index (χ3v) is 5.58. The van der Waals surface area contributed by atoms with Crippen molar-refractivity contribution in [3.8, 4) is 5.75 Å². The molecule has 0 fully saturated rings. The molecule has 0 aliphatic heterocycles. The molecule has 1 unspecified atom stereocenters. The van der Waals surface area contributed by atoms with Crippen molar-refractivity contribution in [2.24, 2.45) is 0 Å². The normalized spacial score (nSPS) is 12.4. The molecule has 1 aromatic heterocycles. The van der Waals surface area contributed by atoms with Crippen LogP contribution in [0, 0.1) is 0 Å². The van der Waals surface area contributed by atoms with E-state index in [4.69, 9.17) is 4.74 Å². The van der Waals surface area contributed by atoms with Crippen molar-refractivity contribution in [2.75, 3.05) is 13.7 Å². The first-order valence-electron chi connectivity index (χ1n) is 6.45. The largest absolute Gasteiger partial charge is 0.497 e. The minimum absolute atomic E-state index is 0.319. The van der Waals surface area contributed by atoms with E-state index in [9.17, 15) is 0 Å². The summed E-state index contributed by atoms with van der Waals surface area (Å²) in [7, 11) is 1.70. The highest BCUT2D eigenvalue weighted by Crippen LogP contribution is 2.32. The summed E-state index contributed by atoms with van der Waals surface area (Å²) >= 11 is 8.94. The zero-order chi connectivity index (χ0) is 14.5. The maximum absolute atomic E-state index is 5.32. The second kappa shape index (κ2) is 7.59. The molecule has 0 aliphatic rings. The molecule has 20 heavy (non-hydrogen) atoms. The number of nitrogens with one attached hydrogen (secondary N) is 1. The van der Waals surface area contributed by atoms with Gasteiger partial charge in [-0.3, -0.25) is 0 Å². The number of ether oxygens (including phenoxy) is 1. The van der Waals surface area contributed by atoms with Crippen molar-refractivity contribution < 1.29 is 4.74 Å². The van der Waals surface area contributed by atoms with E-state index in [1.54, 1.807) is 18.4 Å². The van der Waals surface area contributed by atoms with Gasteiger partial charge in [0.05, 0.1) is 10.9 Å². The van der Waals surface area contributed by atoms with Crippen LogP contribution in [-0.4, -0.2) is 13.7 Å². The standard InChI is InChI=1S/C15H17Br2NOS/c1-3-18-13(14-6-7-15(17)20-14)9-10-8-11(19-2)4-5-12(10)16/h4-8,13,18H,3,9H2,1-2H3. The number of halogens is 2. The van der Waals surface area contributed by atoms with Crippen molar-refractivity contribution in [3.05, 3.63) is 49.0 Å². The van der Waals surface area contributed by atoms with Crippen LogP contribution in [0.25, 0.3) is 0 Å². The van der Waals surface area contributed by atoms with Crippen LogP contribution in [0.4, 0.5) is 0 Å². The van der Waals surface area contributed by atoms with Gasteiger partial charge in [-0.05, 0) is 64.8 Å². The fourth-order valence-corrected chi connectivity index (χ4v) is 4.00. The first-order valence-corrected chi connectivity index (χ1v) is 8.85. The SMILES string of the molecule is CCNC(Cc1cc(OC)ccc1Br)c1ccc(Br)s1. The maximum atomic E-state index is 5.32. The van der Waals surface area contributed by atoms with Gasteiger partial charge in [-0.25, -0.2) is 0 Å². The zero-order valence-corrected chi connectivity index (χ0v) is 15.4. The summed E-state index contributed by atoms with van der Waals surface area (Å²) in [4.78, 5) is 1.34. The lowest BCUT2D eigenvalue weighted by molar-refractivity contribution is 0.413. The Balaban J connectivity index is 2.23. The zero-order valence-electron chi connectivity index (χ0n) is 11.5. The van der Waals surface area contributed by atoms with E-state index < -0.39 is 0 Å². The van der Waals surface area contributed by atoms with Crippen LogP contribution in [0.2, 0.25) is 0 Å². The molecule has 5 heteroatoms. The Morgan fingerprint density at radius 1 is 1.25 bits per heavy atom. The van der Waals surface area contributed by atoms with Crippen molar-refractivity contribution >= 4 is 43.2 Å². The van der Waals surface area contributed by atoms with Crippen LogP contribution in [0.15, 0.2) is 38.6 Å². The Labute approximate surface area is 140 Å². The van der Waals surface area contributed by atoms with Gasteiger partial charge in [-0.15, -0.1) is 11.3 Å². The molecule has 1 heterocycles. The molecule has 1 N–H and O–H groups in total. The van der Waals surface area contributed by atoms with Crippen LogP contribution in [-0.2, 0) is 6.42 Å². The predicted octanol–water partition coefficient (Wildman–Crippen LogP) is 5.18. The van der Waals surface area contributed by atoms with Crippen molar-refractivity contribution in [1.29, 1.82) is 0 Å². The molecule has 0 bridgehead atoms. The van der Waals surface area contributed by atoms with E-state index in [0.29, 0.717) is 6.04 Å². The Kier molecular flexibility index (Phi) is 6.08. The molecule has 0 saturated carbocycles. The van der Waals surface area contributed by atoms with E-state index in [2.05, 4.69) is 62.3 Å².